The zero-order chi connectivity index (χ0) is 22.7. The molecule has 3 aromatic carbocycles. The Morgan fingerprint density at radius 2 is 1.56 bits per heavy atom. The summed E-state index contributed by atoms with van der Waals surface area (Å²) in [6.07, 6.45) is 0. The van der Waals surface area contributed by atoms with Gasteiger partial charge in [-0.15, -0.1) is 0 Å². The summed E-state index contributed by atoms with van der Waals surface area (Å²) in [5, 5.41) is 3.15. The lowest BCUT2D eigenvalue weighted by molar-refractivity contribution is 0.102. The van der Waals surface area contributed by atoms with E-state index in [0.717, 1.165) is 0 Å². The summed E-state index contributed by atoms with van der Waals surface area (Å²) in [5.41, 5.74) is 1.67. The first-order valence-corrected chi connectivity index (χ1v) is 9.78. The van der Waals surface area contributed by atoms with Gasteiger partial charge in [0.25, 0.3) is 5.91 Å². The summed E-state index contributed by atoms with van der Waals surface area (Å²) >= 11 is 0. The maximum Gasteiger partial charge on any atom is 0.255 e. The highest BCUT2D eigenvalue weighted by Crippen LogP contribution is 2.31. The van der Waals surface area contributed by atoms with Crippen LogP contribution in [0, 0.1) is 0 Å². The van der Waals surface area contributed by atoms with Crippen LogP contribution in [0.15, 0.2) is 75.9 Å². The van der Waals surface area contributed by atoms with Crippen molar-refractivity contribution in [3.63, 3.8) is 0 Å². The number of carbonyl (C=O) groups is 1. The van der Waals surface area contributed by atoms with Crippen LogP contribution in [0.5, 0.6) is 17.2 Å². The zero-order valence-electron chi connectivity index (χ0n) is 17.8. The predicted molar refractivity (Wildman–Crippen MR) is 122 cm³/mol. The van der Waals surface area contributed by atoms with E-state index in [2.05, 4.69) is 5.32 Å². The number of carbonyl (C=O) groups excluding carboxylic acids is 1. The summed E-state index contributed by atoms with van der Waals surface area (Å²) < 4.78 is 21.7. The molecule has 0 saturated carbocycles. The maximum atomic E-state index is 12.8. The number of hydrogen-bond donors (Lipinski definition) is 1. The fourth-order valence-corrected chi connectivity index (χ4v) is 3.36. The van der Waals surface area contributed by atoms with Crippen LogP contribution in [0.2, 0.25) is 0 Å². The standard InChI is InChI=1S/C25H21NO6/c1-29-17-10-15(11-18(13-17)30-2)25(28)26-16-8-9-23-20(12-16)21(27)14-24(32-23)19-6-4-5-7-22(19)31-3/h4-14H,1-3H3,(H,26,28). The van der Waals surface area contributed by atoms with Crippen molar-refractivity contribution in [2.45, 2.75) is 0 Å². The molecule has 0 spiro atoms. The van der Waals surface area contributed by atoms with Gasteiger partial charge in [-0.05, 0) is 42.5 Å². The molecule has 0 radical (unpaired) electrons. The van der Waals surface area contributed by atoms with E-state index >= 15 is 0 Å². The lowest BCUT2D eigenvalue weighted by Crippen LogP contribution is -2.12. The molecule has 7 heteroatoms. The van der Waals surface area contributed by atoms with E-state index in [1.165, 1.54) is 20.3 Å². The van der Waals surface area contributed by atoms with Gasteiger partial charge in [-0.3, -0.25) is 9.59 Å². The lowest BCUT2D eigenvalue weighted by atomic mass is 10.1. The quantitative estimate of drug-likeness (QED) is 0.475. The van der Waals surface area contributed by atoms with Gasteiger partial charge in [0.15, 0.2) is 5.43 Å². The fourth-order valence-electron chi connectivity index (χ4n) is 3.36. The number of para-hydroxylation sites is 1. The van der Waals surface area contributed by atoms with Crippen LogP contribution in [0.3, 0.4) is 0 Å². The molecule has 0 saturated heterocycles. The smallest absolute Gasteiger partial charge is 0.255 e. The molecule has 162 valence electrons. The van der Waals surface area contributed by atoms with Gasteiger partial charge >= 0.3 is 0 Å². The average molecular weight is 431 g/mol. The van der Waals surface area contributed by atoms with Crippen molar-refractivity contribution in [3.8, 4) is 28.6 Å². The Kier molecular flexibility index (Phi) is 5.81. The molecule has 4 rings (SSSR count). The van der Waals surface area contributed by atoms with E-state index in [4.69, 9.17) is 18.6 Å². The highest BCUT2D eigenvalue weighted by atomic mass is 16.5. The third-order valence-corrected chi connectivity index (χ3v) is 4.97. The monoisotopic (exact) mass is 431 g/mol. The topological polar surface area (TPSA) is 87.0 Å². The second kappa shape index (κ2) is 8.85. The molecule has 1 heterocycles. The minimum atomic E-state index is -0.364. The third kappa shape index (κ3) is 4.13. The van der Waals surface area contributed by atoms with Crippen LogP contribution in [0.4, 0.5) is 5.69 Å². The number of ether oxygens (including phenoxy) is 3. The molecule has 0 fully saturated rings. The van der Waals surface area contributed by atoms with Gasteiger partial charge in [-0.1, -0.05) is 12.1 Å². The molecule has 1 amide bonds. The van der Waals surface area contributed by atoms with E-state index in [9.17, 15) is 9.59 Å². The first-order valence-electron chi connectivity index (χ1n) is 9.78. The number of nitrogens with one attached hydrogen (secondary N) is 1. The van der Waals surface area contributed by atoms with Crippen LogP contribution in [-0.2, 0) is 0 Å². The van der Waals surface area contributed by atoms with Crippen molar-refractivity contribution >= 4 is 22.6 Å². The zero-order valence-corrected chi connectivity index (χ0v) is 17.8. The van der Waals surface area contributed by atoms with Crippen molar-refractivity contribution in [2.24, 2.45) is 0 Å². The highest BCUT2D eigenvalue weighted by Gasteiger charge is 2.14. The Balaban J connectivity index is 1.67. The summed E-state index contributed by atoms with van der Waals surface area (Å²) in [5.74, 6) is 1.64. The van der Waals surface area contributed by atoms with E-state index < -0.39 is 0 Å². The molecule has 0 aliphatic rings. The minimum absolute atomic E-state index is 0.230. The Morgan fingerprint density at radius 1 is 0.844 bits per heavy atom. The van der Waals surface area contributed by atoms with Crippen molar-refractivity contribution < 1.29 is 23.4 Å². The van der Waals surface area contributed by atoms with Gasteiger partial charge in [0.05, 0.1) is 32.3 Å². The Labute approximate surface area is 184 Å². The van der Waals surface area contributed by atoms with Crippen LogP contribution < -0.4 is 25.0 Å². The second-order valence-corrected chi connectivity index (χ2v) is 6.94. The Morgan fingerprint density at radius 3 is 2.25 bits per heavy atom. The second-order valence-electron chi connectivity index (χ2n) is 6.94. The first kappa shape index (κ1) is 21.0. The van der Waals surface area contributed by atoms with Crippen LogP contribution in [-0.4, -0.2) is 27.2 Å². The number of amides is 1. The van der Waals surface area contributed by atoms with Crippen molar-refractivity contribution in [3.05, 3.63) is 82.5 Å². The summed E-state index contributed by atoms with van der Waals surface area (Å²) in [6.45, 7) is 0. The van der Waals surface area contributed by atoms with Gasteiger partial charge in [0, 0.05) is 23.4 Å². The minimum Gasteiger partial charge on any atom is -0.497 e. The van der Waals surface area contributed by atoms with Crippen molar-refractivity contribution in [2.75, 3.05) is 26.6 Å². The normalized spacial score (nSPS) is 10.6. The van der Waals surface area contributed by atoms with E-state index in [1.54, 1.807) is 49.6 Å². The number of rotatable bonds is 6. The van der Waals surface area contributed by atoms with Gasteiger partial charge in [0.1, 0.15) is 28.6 Å². The maximum absolute atomic E-state index is 12.8. The molecule has 0 aliphatic heterocycles. The molecule has 0 atom stereocenters. The number of anilines is 1. The van der Waals surface area contributed by atoms with Gasteiger partial charge < -0.3 is 23.9 Å². The highest BCUT2D eigenvalue weighted by molar-refractivity contribution is 6.05. The first-order chi connectivity index (χ1) is 15.5. The van der Waals surface area contributed by atoms with Gasteiger partial charge in [-0.25, -0.2) is 0 Å². The molecule has 4 aromatic rings. The van der Waals surface area contributed by atoms with Crippen LogP contribution in [0.25, 0.3) is 22.3 Å². The van der Waals surface area contributed by atoms with E-state index in [1.807, 2.05) is 18.2 Å². The number of fused-ring (bicyclic) bond motifs is 1. The molecule has 1 N–H and O–H groups in total. The molecule has 1 aromatic heterocycles. The molecule has 7 nitrogen and oxygen atoms in total. The predicted octanol–water partition coefficient (Wildman–Crippen LogP) is 4.74. The number of methoxy groups -OCH3 is 3. The molecular weight excluding hydrogens is 410 g/mol. The number of benzene rings is 3. The van der Waals surface area contributed by atoms with Crippen LogP contribution >= 0.6 is 0 Å². The van der Waals surface area contributed by atoms with Gasteiger partial charge in [0.2, 0.25) is 0 Å². The van der Waals surface area contributed by atoms with Crippen LogP contribution in [0.1, 0.15) is 10.4 Å². The molecular formula is C25H21NO6. The average Bonchev–Trinajstić information content (AvgIpc) is 2.83. The van der Waals surface area contributed by atoms with E-state index in [-0.39, 0.29) is 11.3 Å². The largest absolute Gasteiger partial charge is 0.497 e. The molecule has 0 bridgehead atoms. The SMILES string of the molecule is COc1cc(OC)cc(C(=O)Nc2ccc3oc(-c4ccccc4OC)cc(=O)c3c2)c1. The fraction of sp³-hybridized carbons (Fsp3) is 0.120. The summed E-state index contributed by atoms with van der Waals surface area (Å²) in [7, 11) is 4.58. The van der Waals surface area contributed by atoms with Crippen molar-refractivity contribution in [1.82, 2.24) is 0 Å². The van der Waals surface area contributed by atoms with Crippen molar-refractivity contribution in [1.29, 1.82) is 0 Å². The summed E-state index contributed by atoms with van der Waals surface area (Å²) in [4.78, 5) is 25.5. The molecule has 0 unspecified atom stereocenters. The Hall–Kier alpha value is -4.26. The number of hydrogen-bond acceptors (Lipinski definition) is 6. The summed E-state index contributed by atoms with van der Waals surface area (Å²) in [6, 6.07) is 18.5. The van der Waals surface area contributed by atoms with Gasteiger partial charge in [-0.2, -0.15) is 0 Å². The van der Waals surface area contributed by atoms with E-state index in [0.29, 0.717) is 50.8 Å². The molecule has 32 heavy (non-hydrogen) atoms. The lowest BCUT2D eigenvalue weighted by Gasteiger charge is -2.10. The Bertz CT molecular complexity index is 1340. The third-order valence-electron chi connectivity index (χ3n) is 4.97. The molecule has 0 aliphatic carbocycles.